The second kappa shape index (κ2) is 6.57. The number of hydrogen-bond acceptors (Lipinski definition) is 2. The summed E-state index contributed by atoms with van der Waals surface area (Å²) < 4.78 is 11.7. The molecule has 14 heavy (non-hydrogen) atoms. The Morgan fingerprint density at radius 1 is 1.43 bits per heavy atom. The van der Waals surface area contributed by atoms with Crippen LogP contribution in [0.3, 0.4) is 0 Å². The summed E-state index contributed by atoms with van der Waals surface area (Å²) in [4.78, 5) is 0. The molecule has 0 aliphatic heterocycles. The lowest BCUT2D eigenvalue weighted by Crippen LogP contribution is -2.24. The quantitative estimate of drug-likeness (QED) is 0.736. The van der Waals surface area contributed by atoms with E-state index in [1.54, 1.807) is 0 Å². The van der Waals surface area contributed by atoms with E-state index in [1.807, 2.05) is 7.05 Å². The molecule has 2 atom stereocenters. The van der Waals surface area contributed by atoms with Gasteiger partial charge in [-0.1, -0.05) is 12.8 Å². The number of nitrogens with one attached hydrogen (secondary N) is 1. The molecule has 1 rings (SSSR count). The van der Waals surface area contributed by atoms with Gasteiger partial charge in [0.05, 0.1) is 0 Å². The predicted molar refractivity (Wildman–Crippen MR) is 63.0 cm³/mol. The minimum atomic E-state index is -0.572. The van der Waals surface area contributed by atoms with E-state index in [4.69, 9.17) is 0 Å². The van der Waals surface area contributed by atoms with Crippen molar-refractivity contribution in [2.24, 2.45) is 5.92 Å². The molecule has 0 amide bonds. The SMILES string of the molecule is CNC(C)CCS(=O)CC1CCCC1. The van der Waals surface area contributed by atoms with E-state index in [0.29, 0.717) is 6.04 Å². The highest BCUT2D eigenvalue weighted by molar-refractivity contribution is 7.84. The highest BCUT2D eigenvalue weighted by Crippen LogP contribution is 2.25. The van der Waals surface area contributed by atoms with Gasteiger partial charge in [-0.25, -0.2) is 0 Å². The van der Waals surface area contributed by atoms with Gasteiger partial charge in [-0.2, -0.15) is 0 Å². The van der Waals surface area contributed by atoms with Crippen molar-refractivity contribution in [2.45, 2.75) is 45.1 Å². The third-order valence-corrected chi connectivity index (χ3v) is 4.70. The molecule has 3 heteroatoms. The predicted octanol–water partition coefficient (Wildman–Crippen LogP) is 1.92. The van der Waals surface area contributed by atoms with Gasteiger partial charge in [-0.15, -0.1) is 0 Å². The van der Waals surface area contributed by atoms with E-state index in [-0.39, 0.29) is 0 Å². The largest absolute Gasteiger partial charge is 0.317 e. The maximum Gasteiger partial charge on any atom is 0.0263 e. The maximum atomic E-state index is 11.7. The van der Waals surface area contributed by atoms with Crippen LogP contribution in [-0.4, -0.2) is 28.8 Å². The summed E-state index contributed by atoms with van der Waals surface area (Å²) in [6, 6.07) is 0.502. The zero-order valence-electron chi connectivity index (χ0n) is 9.42. The van der Waals surface area contributed by atoms with Crippen molar-refractivity contribution in [1.82, 2.24) is 5.32 Å². The van der Waals surface area contributed by atoms with Crippen molar-refractivity contribution in [2.75, 3.05) is 18.6 Å². The smallest absolute Gasteiger partial charge is 0.0263 e. The minimum absolute atomic E-state index is 0.502. The fourth-order valence-electron chi connectivity index (χ4n) is 1.98. The van der Waals surface area contributed by atoms with Gasteiger partial charge in [0, 0.05) is 28.3 Å². The monoisotopic (exact) mass is 217 g/mol. The molecule has 2 nitrogen and oxygen atoms in total. The van der Waals surface area contributed by atoms with Crippen LogP contribution in [-0.2, 0) is 10.8 Å². The molecule has 0 saturated heterocycles. The van der Waals surface area contributed by atoms with E-state index in [9.17, 15) is 4.21 Å². The van der Waals surface area contributed by atoms with E-state index < -0.39 is 10.8 Å². The molecule has 0 spiro atoms. The molecule has 84 valence electrons. The van der Waals surface area contributed by atoms with Crippen molar-refractivity contribution in [3.63, 3.8) is 0 Å². The second-order valence-electron chi connectivity index (χ2n) is 4.44. The highest BCUT2D eigenvalue weighted by Gasteiger charge is 2.17. The molecule has 0 bridgehead atoms. The lowest BCUT2D eigenvalue weighted by Gasteiger charge is -2.11. The van der Waals surface area contributed by atoms with Gasteiger partial charge in [0.2, 0.25) is 0 Å². The van der Waals surface area contributed by atoms with Crippen LogP contribution in [0.5, 0.6) is 0 Å². The summed E-state index contributed by atoms with van der Waals surface area (Å²) in [6.45, 7) is 2.15. The third-order valence-electron chi connectivity index (χ3n) is 3.17. The van der Waals surface area contributed by atoms with Crippen LogP contribution in [0.1, 0.15) is 39.0 Å². The molecule has 1 fully saturated rings. The van der Waals surface area contributed by atoms with Gasteiger partial charge in [0.25, 0.3) is 0 Å². The molecule has 1 saturated carbocycles. The van der Waals surface area contributed by atoms with Crippen LogP contribution in [0, 0.1) is 5.92 Å². The van der Waals surface area contributed by atoms with E-state index in [1.165, 1.54) is 25.7 Å². The van der Waals surface area contributed by atoms with Gasteiger partial charge in [-0.3, -0.25) is 4.21 Å². The van der Waals surface area contributed by atoms with Gasteiger partial charge >= 0.3 is 0 Å². The van der Waals surface area contributed by atoms with Crippen molar-refractivity contribution in [3.8, 4) is 0 Å². The first-order chi connectivity index (χ1) is 6.72. The molecule has 0 heterocycles. The average Bonchev–Trinajstić information content (AvgIpc) is 2.66. The van der Waals surface area contributed by atoms with E-state index >= 15 is 0 Å². The molecule has 1 aliphatic carbocycles. The Balaban J connectivity index is 2.09. The van der Waals surface area contributed by atoms with Gasteiger partial charge in [-0.05, 0) is 39.2 Å². The first-order valence-electron chi connectivity index (χ1n) is 5.74. The molecular formula is C11H23NOS. The van der Waals surface area contributed by atoms with E-state index in [0.717, 1.165) is 23.8 Å². The summed E-state index contributed by atoms with van der Waals surface area (Å²) in [5, 5.41) is 3.18. The summed E-state index contributed by atoms with van der Waals surface area (Å²) >= 11 is 0. The second-order valence-corrected chi connectivity index (χ2v) is 6.06. The zero-order valence-corrected chi connectivity index (χ0v) is 10.2. The Kier molecular flexibility index (Phi) is 5.71. The van der Waals surface area contributed by atoms with Crippen molar-refractivity contribution in [3.05, 3.63) is 0 Å². The Morgan fingerprint density at radius 2 is 2.07 bits per heavy atom. The highest BCUT2D eigenvalue weighted by atomic mass is 32.2. The van der Waals surface area contributed by atoms with Crippen LogP contribution in [0.15, 0.2) is 0 Å². The van der Waals surface area contributed by atoms with Crippen molar-refractivity contribution >= 4 is 10.8 Å². The Labute approximate surface area is 90.3 Å². The van der Waals surface area contributed by atoms with Crippen LogP contribution < -0.4 is 5.32 Å². The van der Waals surface area contributed by atoms with Crippen LogP contribution in [0.2, 0.25) is 0 Å². The topological polar surface area (TPSA) is 29.1 Å². The average molecular weight is 217 g/mol. The normalized spacial score (nSPS) is 22.4. The van der Waals surface area contributed by atoms with Crippen LogP contribution in [0.4, 0.5) is 0 Å². The molecule has 0 aromatic rings. The van der Waals surface area contributed by atoms with Crippen LogP contribution in [0.25, 0.3) is 0 Å². The van der Waals surface area contributed by atoms with Crippen molar-refractivity contribution in [1.29, 1.82) is 0 Å². The summed E-state index contributed by atoms with van der Waals surface area (Å²) in [5.74, 6) is 2.59. The first kappa shape index (κ1) is 12.2. The molecule has 0 radical (unpaired) electrons. The third kappa shape index (κ3) is 4.56. The summed E-state index contributed by atoms with van der Waals surface area (Å²) in [5.41, 5.74) is 0. The molecular weight excluding hydrogens is 194 g/mol. The molecule has 0 aromatic carbocycles. The summed E-state index contributed by atoms with van der Waals surface area (Å²) in [7, 11) is 1.39. The molecule has 2 unspecified atom stereocenters. The zero-order chi connectivity index (χ0) is 10.4. The van der Waals surface area contributed by atoms with Gasteiger partial charge < -0.3 is 5.32 Å². The standard InChI is InChI=1S/C11H23NOS/c1-10(12-2)7-8-14(13)9-11-5-3-4-6-11/h10-12H,3-9H2,1-2H3. The number of rotatable bonds is 6. The first-order valence-corrected chi connectivity index (χ1v) is 7.23. The minimum Gasteiger partial charge on any atom is -0.317 e. The number of hydrogen-bond donors (Lipinski definition) is 1. The summed E-state index contributed by atoms with van der Waals surface area (Å²) in [6.07, 6.45) is 6.38. The molecule has 1 aliphatic rings. The fraction of sp³-hybridized carbons (Fsp3) is 1.00. The Morgan fingerprint density at radius 3 is 2.64 bits per heavy atom. The van der Waals surface area contributed by atoms with Crippen molar-refractivity contribution < 1.29 is 4.21 Å². The lowest BCUT2D eigenvalue weighted by atomic mass is 10.1. The molecule has 0 aromatic heterocycles. The van der Waals surface area contributed by atoms with Gasteiger partial charge in [0.15, 0.2) is 0 Å². The molecule has 1 N–H and O–H groups in total. The fourth-order valence-corrected chi connectivity index (χ4v) is 3.62. The Bertz CT molecular complexity index is 178. The van der Waals surface area contributed by atoms with Gasteiger partial charge in [0.1, 0.15) is 0 Å². The Hall–Kier alpha value is 0.110. The van der Waals surface area contributed by atoms with E-state index in [2.05, 4.69) is 12.2 Å². The lowest BCUT2D eigenvalue weighted by molar-refractivity contribution is 0.581. The maximum absolute atomic E-state index is 11.7. The van der Waals surface area contributed by atoms with Crippen LogP contribution >= 0.6 is 0 Å².